The molecule has 10 heteroatoms. The summed E-state index contributed by atoms with van der Waals surface area (Å²) < 4.78 is 6.04. The van der Waals surface area contributed by atoms with Crippen LogP contribution in [-0.2, 0) is 13.1 Å². The van der Waals surface area contributed by atoms with Crippen molar-refractivity contribution in [3.05, 3.63) is 155 Å². The molecule has 0 aliphatic carbocycles. The topological polar surface area (TPSA) is 129 Å². The smallest absolute Gasteiger partial charge is 0.253 e. The van der Waals surface area contributed by atoms with Crippen LogP contribution in [0.3, 0.4) is 0 Å². The van der Waals surface area contributed by atoms with Gasteiger partial charge in [0, 0.05) is 93.5 Å². The maximum Gasteiger partial charge on any atom is 0.253 e. The minimum atomic E-state index is -0.453. The maximum absolute atomic E-state index is 13.0. The lowest BCUT2D eigenvalue weighted by Crippen LogP contribution is -2.38. The van der Waals surface area contributed by atoms with Crippen molar-refractivity contribution in [3.8, 4) is 5.75 Å². The lowest BCUT2D eigenvalue weighted by molar-refractivity contribution is 0.0713. The first kappa shape index (κ1) is 47.1. The Labute approximate surface area is 376 Å². The van der Waals surface area contributed by atoms with Crippen molar-refractivity contribution in [1.82, 2.24) is 19.6 Å². The molecule has 10 nitrogen and oxygen atoms in total. The number of nitrogens with two attached hydrogens (primary N) is 2. The number of rotatable bonds is 12. The molecule has 4 heterocycles. The lowest BCUT2D eigenvalue weighted by atomic mass is 9.88. The Balaban J connectivity index is 0.000000202. The zero-order chi connectivity index (χ0) is 44.7. The van der Waals surface area contributed by atoms with Crippen molar-refractivity contribution in [2.45, 2.75) is 89.8 Å². The first-order valence-electron chi connectivity index (χ1n) is 23.2. The van der Waals surface area contributed by atoms with E-state index in [0.29, 0.717) is 75.3 Å². The van der Waals surface area contributed by atoms with Crippen molar-refractivity contribution in [3.63, 3.8) is 0 Å². The molecule has 8 rings (SSSR count). The van der Waals surface area contributed by atoms with Crippen LogP contribution < -0.4 is 16.2 Å². The third-order valence-electron chi connectivity index (χ3n) is 12.9. The Morgan fingerprint density at radius 2 is 1.10 bits per heavy atom. The second kappa shape index (κ2) is 23.3. The van der Waals surface area contributed by atoms with Crippen LogP contribution in [0.15, 0.2) is 116 Å². The van der Waals surface area contributed by atoms with Crippen LogP contribution >= 0.6 is 0 Å². The zero-order valence-electron chi connectivity index (χ0n) is 37.7. The number of β-amino-alcohol motifs (C(OH)–C–C–N with tert-alkyl or cyclic N) is 1. The van der Waals surface area contributed by atoms with Gasteiger partial charge < -0.3 is 40.9 Å². The predicted molar refractivity (Wildman–Crippen MR) is 255 cm³/mol. The minimum absolute atomic E-state index is 0.0275. The molecule has 4 aliphatic rings. The van der Waals surface area contributed by atoms with Crippen LogP contribution in [0, 0.1) is 0 Å². The van der Waals surface area contributed by atoms with Gasteiger partial charge in [0.1, 0.15) is 12.4 Å². The Bertz CT molecular complexity index is 2130. The van der Waals surface area contributed by atoms with E-state index in [9.17, 15) is 14.7 Å². The van der Waals surface area contributed by atoms with Gasteiger partial charge in [-0.05, 0) is 109 Å². The molecule has 63 heavy (non-hydrogen) atoms. The Kier molecular flexibility index (Phi) is 17.4. The van der Waals surface area contributed by atoms with Crippen molar-refractivity contribution in [1.29, 1.82) is 0 Å². The fraction of sp³-hybridized carbons (Fsp3) is 0.434. The summed E-state index contributed by atoms with van der Waals surface area (Å²) in [5.41, 5.74) is 21.0. The van der Waals surface area contributed by atoms with Gasteiger partial charge in [-0.3, -0.25) is 9.59 Å². The van der Waals surface area contributed by atoms with Crippen LogP contribution in [-0.4, -0.2) is 102 Å². The van der Waals surface area contributed by atoms with E-state index in [1.165, 1.54) is 29.5 Å². The molecule has 0 spiro atoms. The number of carbonyl (C=O) groups excluding carboxylic acids is 2. The number of piperidine rings is 2. The Morgan fingerprint density at radius 3 is 1.63 bits per heavy atom. The van der Waals surface area contributed by atoms with E-state index >= 15 is 0 Å². The first-order valence-corrected chi connectivity index (χ1v) is 23.2. The molecule has 4 fully saturated rings. The van der Waals surface area contributed by atoms with Gasteiger partial charge in [-0.15, -0.1) is 0 Å². The summed E-state index contributed by atoms with van der Waals surface area (Å²) in [7, 11) is 0. The molecule has 4 aromatic carbocycles. The van der Waals surface area contributed by atoms with Crippen LogP contribution in [0.4, 0.5) is 0 Å². The van der Waals surface area contributed by atoms with E-state index in [2.05, 4.69) is 83.6 Å². The number of aliphatic hydroxyl groups is 1. The second-order valence-corrected chi connectivity index (χ2v) is 17.0. The molecule has 0 radical (unpaired) electrons. The third kappa shape index (κ3) is 12.6. The van der Waals surface area contributed by atoms with Crippen molar-refractivity contribution >= 4 is 17.5 Å². The molecule has 336 valence electrons. The molecular formula is C53H70N6O4. The number of likely N-dealkylation sites (tertiary alicyclic amines) is 4. The summed E-state index contributed by atoms with van der Waals surface area (Å²) in [6.45, 7) is 20.8. The molecule has 4 aromatic rings. The molecule has 4 aliphatic heterocycles. The highest BCUT2D eigenvalue weighted by atomic mass is 16.5. The highest BCUT2D eigenvalue weighted by Crippen LogP contribution is 2.33. The van der Waals surface area contributed by atoms with Crippen LogP contribution in [0.5, 0.6) is 5.75 Å². The van der Waals surface area contributed by atoms with E-state index in [0.717, 1.165) is 80.1 Å². The summed E-state index contributed by atoms with van der Waals surface area (Å²) in [6.07, 6.45) is 6.78. The van der Waals surface area contributed by atoms with Gasteiger partial charge >= 0.3 is 0 Å². The highest BCUT2D eigenvalue weighted by molar-refractivity contribution is 5.99. The fourth-order valence-corrected chi connectivity index (χ4v) is 9.16. The van der Waals surface area contributed by atoms with Crippen molar-refractivity contribution < 1.29 is 19.4 Å². The normalized spacial score (nSPS) is 18.0. The predicted octanol–water partition coefficient (Wildman–Crippen LogP) is 8.38. The number of amides is 2. The summed E-state index contributed by atoms with van der Waals surface area (Å²) in [6, 6.07) is 32.4. The van der Waals surface area contributed by atoms with E-state index in [-0.39, 0.29) is 11.8 Å². The van der Waals surface area contributed by atoms with Crippen molar-refractivity contribution in [2.75, 3.05) is 59.0 Å². The average molecular weight is 855 g/mol. The third-order valence-corrected chi connectivity index (χ3v) is 12.9. The van der Waals surface area contributed by atoms with Gasteiger partial charge in [-0.25, -0.2) is 0 Å². The van der Waals surface area contributed by atoms with Gasteiger partial charge in [0.15, 0.2) is 0 Å². The van der Waals surface area contributed by atoms with Gasteiger partial charge in [0.25, 0.3) is 11.8 Å². The van der Waals surface area contributed by atoms with Gasteiger partial charge in [-0.1, -0.05) is 93.7 Å². The van der Waals surface area contributed by atoms with Gasteiger partial charge in [-0.2, -0.15) is 0 Å². The molecule has 1 atom stereocenters. The number of hydrogen-bond donors (Lipinski definition) is 3. The van der Waals surface area contributed by atoms with E-state index < -0.39 is 6.10 Å². The van der Waals surface area contributed by atoms with E-state index in [1.54, 1.807) is 29.2 Å². The van der Waals surface area contributed by atoms with Crippen molar-refractivity contribution in [2.24, 2.45) is 11.5 Å². The average Bonchev–Trinajstić information content (AvgIpc) is 4.07. The largest absolute Gasteiger partial charge is 0.487 e. The van der Waals surface area contributed by atoms with E-state index in [4.69, 9.17) is 16.2 Å². The number of carbonyl (C=O) groups is 2. The summed E-state index contributed by atoms with van der Waals surface area (Å²) >= 11 is 0. The Hall–Kier alpha value is -5.42. The zero-order valence-corrected chi connectivity index (χ0v) is 37.7. The molecule has 2 amide bonds. The first-order chi connectivity index (χ1) is 30.7. The van der Waals surface area contributed by atoms with Crippen LogP contribution in [0.2, 0.25) is 0 Å². The number of aliphatic hydroxyl groups excluding tert-OH is 1. The fourth-order valence-electron chi connectivity index (χ4n) is 9.16. The monoisotopic (exact) mass is 855 g/mol. The van der Waals surface area contributed by atoms with Crippen LogP contribution in [0.25, 0.3) is 5.70 Å². The summed E-state index contributed by atoms with van der Waals surface area (Å²) in [4.78, 5) is 34.0. The number of hydrogen-bond acceptors (Lipinski definition) is 8. The minimum Gasteiger partial charge on any atom is -0.487 e. The SMILES string of the molecule is C=C(COc1cccc(C(=C)N2CCC(c3cccc(CN)c3)CC2)c1)N1CCCC1.CC.NCc1cccc(C2CCN(C(=O)c3cccc(C(=O)N4CC[C@H](O)C4)c3)CC2)c1. The van der Waals surface area contributed by atoms with E-state index in [1.807, 2.05) is 30.9 Å². The number of benzene rings is 4. The molecule has 5 N–H and O–H groups in total. The Morgan fingerprint density at radius 1 is 0.603 bits per heavy atom. The standard InChI is InChI=1S/C27H35N3O.C24H29N3O3.C2H6/c1-21(29-13-3-4-14-29)20-31-27-10-6-8-25(18-27)22(2)30-15-11-24(12-16-30)26-9-5-7-23(17-26)19-28;25-15-17-3-1-4-19(13-17)18-7-10-26(11-8-18)23(29)20-5-2-6-21(14-20)24(30)27-12-9-22(28)16-27;1-2/h5-10,17-18,24H,1-4,11-16,19-20,28H2;1-6,13-14,18,22,28H,7-12,15-16,25H2;1-2H3/t;22-;/m.0./s1. The molecular weight excluding hydrogens is 785 g/mol. The lowest BCUT2D eigenvalue weighted by Gasteiger charge is -2.35. The molecule has 0 aromatic heterocycles. The maximum atomic E-state index is 13.0. The summed E-state index contributed by atoms with van der Waals surface area (Å²) in [5.74, 6) is 1.77. The number of ether oxygens (including phenoxy) is 1. The quantitative estimate of drug-likeness (QED) is 0.130. The van der Waals surface area contributed by atoms with Gasteiger partial charge in [0.05, 0.1) is 6.10 Å². The highest BCUT2D eigenvalue weighted by Gasteiger charge is 2.28. The molecule has 0 bridgehead atoms. The molecule has 4 saturated heterocycles. The second-order valence-electron chi connectivity index (χ2n) is 17.0. The number of nitrogens with zero attached hydrogens (tertiary/aromatic N) is 4. The van der Waals surface area contributed by atoms with Crippen LogP contribution in [0.1, 0.15) is 119 Å². The molecule has 0 saturated carbocycles. The summed E-state index contributed by atoms with van der Waals surface area (Å²) in [5, 5.41) is 9.68. The molecule has 0 unspecified atom stereocenters. The van der Waals surface area contributed by atoms with Gasteiger partial charge in [0.2, 0.25) is 0 Å².